The quantitative estimate of drug-likeness (QED) is 0.880. The second kappa shape index (κ2) is 4.64. The van der Waals surface area contributed by atoms with Gasteiger partial charge in [0.25, 0.3) is 0 Å². The van der Waals surface area contributed by atoms with Gasteiger partial charge < -0.3 is 5.11 Å². The van der Waals surface area contributed by atoms with Gasteiger partial charge in [0, 0.05) is 16.5 Å². The summed E-state index contributed by atoms with van der Waals surface area (Å²) in [6.07, 6.45) is 0.100. The molecule has 0 heterocycles. The monoisotopic (exact) mass is 286 g/mol. The van der Waals surface area contributed by atoms with Gasteiger partial charge >= 0.3 is 5.97 Å². The Balaban J connectivity index is 2.33. The summed E-state index contributed by atoms with van der Waals surface area (Å²) >= 11 is 6.38. The highest BCUT2D eigenvalue weighted by atomic mass is 35.5. The molecule has 0 fully saturated rings. The van der Waals surface area contributed by atoms with Crippen molar-refractivity contribution in [2.45, 2.75) is 26.2 Å². The van der Waals surface area contributed by atoms with E-state index in [0.717, 1.165) is 22.3 Å². The fourth-order valence-corrected chi connectivity index (χ4v) is 3.39. The van der Waals surface area contributed by atoms with Crippen molar-refractivity contribution in [3.05, 3.63) is 57.6 Å². The normalized spacial score (nSPS) is 15.8. The highest BCUT2D eigenvalue weighted by Gasteiger charge is 2.32. The summed E-state index contributed by atoms with van der Waals surface area (Å²) in [5.41, 5.74) is 6.63. The summed E-state index contributed by atoms with van der Waals surface area (Å²) in [6.45, 7) is 4.14. The van der Waals surface area contributed by atoms with Gasteiger partial charge in [-0.05, 0) is 47.7 Å². The zero-order valence-corrected chi connectivity index (χ0v) is 12.2. The molecule has 1 atom stereocenters. The number of halogens is 1. The number of aryl methyl sites for hydroxylation is 1. The van der Waals surface area contributed by atoms with Gasteiger partial charge in [-0.2, -0.15) is 0 Å². The van der Waals surface area contributed by atoms with Crippen LogP contribution in [0.25, 0.3) is 11.1 Å². The lowest BCUT2D eigenvalue weighted by Gasteiger charge is -2.12. The van der Waals surface area contributed by atoms with Crippen LogP contribution < -0.4 is 0 Å². The van der Waals surface area contributed by atoms with E-state index in [0.29, 0.717) is 5.02 Å². The fourth-order valence-electron chi connectivity index (χ4n) is 3.12. The van der Waals surface area contributed by atoms with E-state index >= 15 is 0 Å². The smallest absolute Gasteiger partial charge is 0.304 e. The number of benzene rings is 2. The maximum absolute atomic E-state index is 11.2. The maximum Gasteiger partial charge on any atom is 0.304 e. The van der Waals surface area contributed by atoms with Crippen LogP contribution in [0.1, 0.15) is 34.6 Å². The van der Waals surface area contributed by atoms with Crippen LogP contribution in [-0.2, 0) is 4.79 Å². The average molecular weight is 287 g/mol. The number of carboxylic acid groups (broad SMARTS) is 1. The van der Waals surface area contributed by atoms with E-state index in [1.807, 2.05) is 24.3 Å². The third kappa shape index (κ3) is 1.83. The molecule has 20 heavy (non-hydrogen) atoms. The number of hydrogen-bond donors (Lipinski definition) is 1. The van der Waals surface area contributed by atoms with Crippen LogP contribution in [0.15, 0.2) is 30.3 Å². The van der Waals surface area contributed by atoms with Gasteiger partial charge in [-0.15, -0.1) is 0 Å². The number of hydrogen-bond acceptors (Lipinski definition) is 1. The van der Waals surface area contributed by atoms with Crippen LogP contribution in [0, 0.1) is 13.8 Å². The Hall–Kier alpha value is -1.80. The first-order valence-corrected chi connectivity index (χ1v) is 6.99. The van der Waals surface area contributed by atoms with E-state index in [2.05, 4.69) is 19.9 Å². The molecule has 2 aromatic carbocycles. The van der Waals surface area contributed by atoms with Crippen molar-refractivity contribution < 1.29 is 9.90 Å². The Labute approximate surface area is 123 Å². The fraction of sp³-hybridized carbons (Fsp3) is 0.235. The molecule has 1 aliphatic carbocycles. The summed E-state index contributed by atoms with van der Waals surface area (Å²) in [5.74, 6) is -0.887. The van der Waals surface area contributed by atoms with Crippen molar-refractivity contribution in [3.8, 4) is 11.1 Å². The van der Waals surface area contributed by atoms with Gasteiger partial charge in [-0.1, -0.05) is 35.9 Å². The lowest BCUT2D eigenvalue weighted by atomic mass is 9.92. The maximum atomic E-state index is 11.2. The molecule has 1 N–H and O–H groups in total. The molecule has 0 amide bonds. The lowest BCUT2D eigenvalue weighted by Crippen LogP contribution is -2.05. The zero-order valence-electron chi connectivity index (χ0n) is 11.4. The predicted octanol–water partition coefficient (Wildman–Crippen LogP) is 4.54. The minimum atomic E-state index is -0.785. The Morgan fingerprint density at radius 2 is 1.85 bits per heavy atom. The van der Waals surface area contributed by atoms with Crippen LogP contribution >= 0.6 is 11.6 Å². The van der Waals surface area contributed by atoms with Crippen LogP contribution in [-0.4, -0.2) is 11.1 Å². The van der Waals surface area contributed by atoms with E-state index in [1.165, 1.54) is 11.1 Å². The van der Waals surface area contributed by atoms with Gasteiger partial charge in [-0.25, -0.2) is 0 Å². The molecule has 0 saturated carbocycles. The Bertz CT molecular complexity index is 719. The van der Waals surface area contributed by atoms with E-state index in [-0.39, 0.29) is 12.3 Å². The molecule has 1 aliphatic rings. The summed E-state index contributed by atoms with van der Waals surface area (Å²) in [5, 5.41) is 9.88. The predicted molar refractivity (Wildman–Crippen MR) is 80.5 cm³/mol. The summed E-state index contributed by atoms with van der Waals surface area (Å²) in [6, 6.07) is 9.85. The highest BCUT2D eigenvalue weighted by Crippen LogP contribution is 2.50. The number of carbonyl (C=O) groups is 1. The van der Waals surface area contributed by atoms with Gasteiger partial charge in [0.05, 0.1) is 6.42 Å². The summed E-state index contributed by atoms with van der Waals surface area (Å²) in [7, 11) is 0. The average Bonchev–Trinajstić information content (AvgIpc) is 2.70. The van der Waals surface area contributed by atoms with Crippen LogP contribution in [0.5, 0.6) is 0 Å². The largest absolute Gasteiger partial charge is 0.481 e. The molecule has 0 saturated heterocycles. The Morgan fingerprint density at radius 1 is 1.15 bits per heavy atom. The van der Waals surface area contributed by atoms with Crippen molar-refractivity contribution in [1.29, 1.82) is 0 Å². The molecule has 102 valence electrons. The first kappa shape index (κ1) is 13.2. The molecular weight excluding hydrogens is 272 g/mol. The molecule has 2 aromatic rings. The van der Waals surface area contributed by atoms with Gasteiger partial charge in [0.2, 0.25) is 0 Å². The highest BCUT2D eigenvalue weighted by molar-refractivity contribution is 6.34. The van der Waals surface area contributed by atoms with Crippen molar-refractivity contribution in [1.82, 2.24) is 0 Å². The SMILES string of the molecule is Cc1ccc2c(c1C)-c1c(Cl)cccc1C2CC(=O)O. The minimum Gasteiger partial charge on any atom is -0.481 e. The Kier molecular flexibility index (Phi) is 3.06. The molecule has 0 aliphatic heterocycles. The number of rotatable bonds is 2. The molecule has 0 spiro atoms. The molecule has 0 aromatic heterocycles. The number of fused-ring (bicyclic) bond motifs is 3. The molecular formula is C17H15ClO2. The Morgan fingerprint density at radius 3 is 2.55 bits per heavy atom. The van der Waals surface area contributed by atoms with Gasteiger partial charge in [0.15, 0.2) is 0 Å². The minimum absolute atomic E-state index is 0.100. The second-order valence-corrected chi connectivity index (χ2v) is 5.73. The van der Waals surface area contributed by atoms with E-state index in [4.69, 9.17) is 11.6 Å². The first-order valence-electron chi connectivity index (χ1n) is 6.61. The third-order valence-electron chi connectivity index (χ3n) is 4.19. The van der Waals surface area contributed by atoms with Gasteiger partial charge in [-0.3, -0.25) is 4.79 Å². The standard InChI is InChI=1S/C17H15ClO2/c1-9-6-7-12-13(8-15(19)20)11-4-3-5-14(18)17(11)16(12)10(9)2/h3-7,13H,8H2,1-2H3,(H,19,20). The van der Waals surface area contributed by atoms with Crippen LogP contribution in [0.4, 0.5) is 0 Å². The van der Waals surface area contributed by atoms with Crippen molar-refractivity contribution in [3.63, 3.8) is 0 Å². The number of aliphatic carboxylic acids is 1. The molecule has 1 unspecified atom stereocenters. The first-order chi connectivity index (χ1) is 9.50. The lowest BCUT2D eigenvalue weighted by molar-refractivity contribution is -0.137. The topological polar surface area (TPSA) is 37.3 Å². The third-order valence-corrected chi connectivity index (χ3v) is 4.51. The van der Waals surface area contributed by atoms with E-state index < -0.39 is 5.97 Å². The molecule has 2 nitrogen and oxygen atoms in total. The summed E-state index contributed by atoms with van der Waals surface area (Å²) in [4.78, 5) is 11.2. The van der Waals surface area contributed by atoms with E-state index in [9.17, 15) is 9.90 Å². The van der Waals surface area contributed by atoms with Gasteiger partial charge in [0.1, 0.15) is 0 Å². The zero-order chi connectivity index (χ0) is 14.4. The van der Waals surface area contributed by atoms with Crippen LogP contribution in [0.3, 0.4) is 0 Å². The molecule has 3 heteroatoms. The second-order valence-electron chi connectivity index (χ2n) is 5.33. The van der Waals surface area contributed by atoms with E-state index in [1.54, 1.807) is 0 Å². The molecule has 0 bridgehead atoms. The van der Waals surface area contributed by atoms with Crippen molar-refractivity contribution >= 4 is 17.6 Å². The molecule has 3 rings (SSSR count). The van der Waals surface area contributed by atoms with Crippen molar-refractivity contribution in [2.24, 2.45) is 0 Å². The summed E-state index contributed by atoms with van der Waals surface area (Å²) < 4.78 is 0. The van der Waals surface area contributed by atoms with Crippen LogP contribution in [0.2, 0.25) is 5.02 Å². The van der Waals surface area contributed by atoms with Crippen molar-refractivity contribution in [2.75, 3.05) is 0 Å². The molecule has 0 radical (unpaired) electrons. The number of carboxylic acids is 1.